The zero-order chi connectivity index (χ0) is 13.7. The molecule has 4 nitrogen and oxygen atoms in total. The van der Waals surface area contributed by atoms with E-state index >= 15 is 0 Å². The molecule has 1 heterocycles. The maximum Gasteiger partial charge on any atom is 0.119 e. The molecule has 1 aromatic rings. The number of ether oxygens (including phenoxy) is 2. The summed E-state index contributed by atoms with van der Waals surface area (Å²) in [7, 11) is 0. The first-order valence-electron chi connectivity index (χ1n) is 7.01. The van der Waals surface area contributed by atoms with Crippen LogP contribution in [-0.4, -0.2) is 19.3 Å². The quantitative estimate of drug-likeness (QED) is 0.633. The third-order valence-corrected chi connectivity index (χ3v) is 3.53. The number of hydrogen-bond donors (Lipinski definition) is 2. The monoisotopic (exact) mass is 264 g/mol. The summed E-state index contributed by atoms with van der Waals surface area (Å²) in [4.78, 5) is 0. The molecule has 1 atom stereocenters. The molecule has 1 aliphatic rings. The van der Waals surface area contributed by atoms with Crippen LogP contribution < -0.4 is 16.0 Å². The topological polar surface area (TPSA) is 56.5 Å². The maximum atomic E-state index is 5.73. The van der Waals surface area contributed by atoms with Gasteiger partial charge in [-0.2, -0.15) is 0 Å². The number of rotatable bonds is 5. The molecule has 3 N–H and O–H groups in total. The Morgan fingerprint density at radius 1 is 1.21 bits per heavy atom. The Bertz CT molecular complexity index is 372. The molecule has 0 amide bonds. The predicted octanol–water partition coefficient (Wildman–Crippen LogP) is 2.40. The smallest absolute Gasteiger partial charge is 0.119 e. The van der Waals surface area contributed by atoms with E-state index in [-0.39, 0.29) is 12.1 Å². The minimum absolute atomic E-state index is 0.192. The van der Waals surface area contributed by atoms with Crippen LogP contribution in [0.1, 0.15) is 38.3 Å². The van der Waals surface area contributed by atoms with Crippen molar-refractivity contribution in [3.05, 3.63) is 29.8 Å². The molecule has 0 aliphatic carbocycles. The Morgan fingerprint density at radius 2 is 1.84 bits per heavy atom. The van der Waals surface area contributed by atoms with Gasteiger partial charge in [-0.1, -0.05) is 12.1 Å². The molecule has 0 bridgehead atoms. The Kier molecular flexibility index (Phi) is 5.19. The molecular weight excluding hydrogens is 240 g/mol. The summed E-state index contributed by atoms with van der Waals surface area (Å²) in [6, 6.07) is 8.41. The minimum atomic E-state index is 0.192. The summed E-state index contributed by atoms with van der Waals surface area (Å²) in [6.45, 7) is 5.72. The van der Waals surface area contributed by atoms with Crippen LogP contribution >= 0.6 is 0 Å². The maximum absolute atomic E-state index is 5.73. The molecular formula is C15H24N2O2. The fraction of sp³-hybridized carbons (Fsp3) is 0.600. The lowest BCUT2D eigenvalue weighted by atomic mass is 9.87. The van der Waals surface area contributed by atoms with E-state index in [4.69, 9.17) is 15.3 Å². The van der Waals surface area contributed by atoms with Gasteiger partial charge in [-0.3, -0.25) is 11.3 Å². The molecule has 2 rings (SSSR count). The molecule has 4 heteroatoms. The Morgan fingerprint density at radius 3 is 2.37 bits per heavy atom. The van der Waals surface area contributed by atoms with Crippen LogP contribution in [0.3, 0.4) is 0 Å². The minimum Gasteiger partial charge on any atom is -0.491 e. The van der Waals surface area contributed by atoms with Gasteiger partial charge in [0.1, 0.15) is 5.75 Å². The summed E-state index contributed by atoms with van der Waals surface area (Å²) < 4.78 is 11.1. The molecule has 1 saturated heterocycles. The van der Waals surface area contributed by atoms with Crippen LogP contribution in [0.25, 0.3) is 0 Å². The van der Waals surface area contributed by atoms with Gasteiger partial charge in [0.25, 0.3) is 0 Å². The van der Waals surface area contributed by atoms with Gasteiger partial charge in [0.05, 0.1) is 6.10 Å². The number of hydrazine groups is 1. The van der Waals surface area contributed by atoms with Crippen molar-refractivity contribution in [3.63, 3.8) is 0 Å². The van der Waals surface area contributed by atoms with E-state index < -0.39 is 0 Å². The summed E-state index contributed by atoms with van der Waals surface area (Å²) in [5.74, 6) is 7.17. The molecule has 106 valence electrons. The van der Waals surface area contributed by atoms with E-state index in [9.17, 15) is 0 Å². The average molecular weight is 264 g/mol. The van der Waals surface area contributed by atoms with Crippen molar-refractivity contribution < 1.29 is 9.47 Å². The summed E-state index contributed by atoms with van der Waals surface area (Å²) in [5.41, 5.74) is 4.17. The molecule has 1 fully saturated rings. The molecule has 0 aromatic heterocycles. The van der Waals surface area contributed by atoms with Crippen molar-refractivity contribution in [3.8, 4) is 5.75 Å². The average Bonchev–Trinajstić information content (AvgIpc) is 2.42. The first kappa shape index (κ1) is 14.3. The first-order valence-corrected chi connectivity index (χ1v) is 7.01. The molecule has 0 radical (unpaired) electrons. The van der Waals surface area contributed by atoms with E-state index in [0.29, 0.717) is 5.92 Å². The van der Waals surface area contributed by atoms with Crippen molar-refractivity contribution in [2.75, 3.05) is 13.2 Å². The van der Waals surface area contributed by atoms with Gasteiger partial charge in [-0.25, -0.2) is 0 Å². The van der Waals surface area contributed by atoms with Crippen LogP contribution in [0, 0.1) is 5.92 Å². The van der Waals surface area contributed by atoms with Crippen LogP contribution in [0.2, 0.25) is 0 Å². The van der Waals surface area contributed by atoms with Crippen molar-refractivity contribution in [1.82, 2.24) is 5.43 Å². The summed E-state index contributed by atoms with van der Waals surface area (Å²) in [5, 5.41) is 0. The van der Waals surface area contributed by atoms with Gasteiger partial charge in [-0.05, 0) is 50.3 Å². The van der Waals surface area contributed by atoms with Crippen molar-refractivity contribution >= 4 is 0 Å². The van der Waals surface area contributed by atoms with Gasteiger partial charge in [0, 0.05) is 19.3 Å². The third kappa shape index (κ3) is 3.93. The second-order valence-corrected chi connectivity index (χ2v) is 5.33. The van der Waals surface area contributed by atoms with Gasteiger partial charge < -0.3 is 9.47 Å². The van der Waals surface area contributed by atoms with Gasteiger partial charge in [0.2, 0.25) is 0 Å². The Balaban J connectivity index is 2.05. The van der Waals surface area contributed by atoms with E-state index in [2.05, 4.69) is 17.6 Å². The lowest BCUT2D eigenvalue weighted by molar-refractivity contribution is 0.0536. The SMILES string of the molecule is CC(C)Oc1ccc(C(NN)C2CCOCC2)cc1. The molecule has 19 heavy (non-hydrogen) atoms. The Labute approximate surface area is 115 Å². The number of benzene rings is 1. The van der Waals surface area contributed by atoms with Crippen LogP contribution in [0.4, 0.5) is 0 Å². The lowest BCUT2D eigenvalue weighted by Crippen LogP contribution is -2.36. The highest BCUT2D eigenvalue weighted by molar-refractivity contribution is 5.29. The summed E-state index contributed by atoms with van der Waals surface area (Å²) >= 11 is 0. The zero-order valence-corrected chi connectivity index (χ0v) is 11.8. The van der Waals surface area contributed by atoms with E-state index in [1.54, 1.807) is 0 Å². The predicted molar refractivity (Wildman–Crippen MR) is 75.8 cm³/mol. The van der Waals surface area contributed by atoms with Gasteiger partial charge >= 0.3 is 0 Å². The second-order valence-electron chi connectivity index (χ2n) is 5.33. The van der Waals surface area contributed by atoms with Crippen molar-refractivity contribution in [2.24, 2.45) is 11.8 Å². The highest BCUT2D eigenvalue weighted by atomic mass is 16.5. The van der Waals surface area contributed by atoms with Crippen LogP contribution in [0.5, 0.6) is 5.75 Å². The van der Waals surface area contributed by atoms with Crippen molar-refractivity contribution in [2.45, 2.75) is 38.8 Å². The fourth-order valence-corrected chi connectivity index (χ4v) is 2.58. The highest BCUT2D eigenvalue weighted by Crippen LogP contribution is 2.30. The zero-order valence-electron chi connectivity index (χ0n) is 11.8. The number of hydrogen-bond acceptors (Lipinski definition) is 4. The van der Waals surface area contributed by atoms with Crippen LogP contribution in [-0.2, 0) is 4.74 Å². The van der Waals surface area contributed by atoms with Crippen LogP contribution in [0.15, 0.2) is 24.3 Å². The summed E-state index contributed by atoms with van der Waals surface area (Å²) in [6.07, 6.45) is 2.31. The van der Waals surface area contributed by atoms with E-state index in [1.165, 1.54) is 5.56 Å². The van der Waals surface area contributed by atoms with Gasteiger partial charge in [0.15, 0.2) is 0 Å². The fourth-order valence-electron chi connectivity index (χ4n) is 2.58. The molecule has 0 saturated carbocycles. The number of nitrogens with one attached hydrogen (secondary N) is 1. The molecule has 1 unspecified atom stereocenters. The highest BCUT2D eigenvalue weighted by Gasteiger charge is 2.24. The first-order chi connectivity index (χ1) is 9.20. The molecule has 1 aromatic carbocycles. The number of nitrogens with two attached hydrogens (primary N) is 1. The Hall–Kier alpha value is -1.10. The largest absolute Gasteiger partial charge is 0.491 e. The lowest BCUT2D eigenvalue weighted by Gasteiger charge is -2.30. The van der Waals surface area contributed by atoms with Gasteiger partial charge in [-0.15, -0.1) is 0 Å². The third-order valence-electron chi connectivity index (χ3n) is 3.53. The standard InChI is InChI=1S/C15H24N2O2/c1-11(2)19-14-5-3-12(4-6-14)15(17-16)13-7-9-18-10-8-13/h3-6,11,13,15,17H,7-10,16H2,1-2H3. The van der Waals surface area contributed by atoms with E-state index in [1.807, 2.05) is 26.0 Å². The molecule has 1 aliphatic heterocycles. The van der Waals surface area contributed by atoms with E-state index in [0.717, 1.165) is 31.8 Å². The van der Waals surface area contributed by atoms with Crippen molar-refractivity contribution in [1.29, 1.82) is 0 Å². The second kappa shape index (κ2) is 6.89. The molecule has 0 spiro atoms. The normalized spacial score (nSPS) is 18.5.